The van der Waals surface area contributed by atoms with Crippen LogP contribution >= 0.6 is 35.0 Å². The second-order valence-corrected chi connectivity index (χ2v) is 6.42. The van der Waals surface area contributed by atoms with E-state index in [4.69, 9.17) is 23.2 Å². The summed E-state index contributed by atoms with van der Waals surface area (Å²) in [5.74, 6) is -0.611. The summed E-state index contributed by atoms with van der Waals surface area (Å²) < 4.78 is 12.9. The Labute approximate surface area is 146 Å². The third-order valence-corrected chi connectivity index (χ3v) is 4.72. The lowest BCUT2D eigenvalue weighted by Crippen LogP contribution is -2.19. The number of benzene rings is 2. The lowest BCUT2D eigenvalue weighted by atomic mass is 10.2. The van der Waals surface area contributed by atoms with Gasteiger partial charge >= 0.3 is 0 Å². The van der Waals surface area contributed by atoms with Crippen LogP contribution in [0.3, 0.4) is 0 Å². The molecule has 3 nitrogen and oxygen atoms in total. The molecular formula is C16H9Cl2FN2OS. The summed E-state index contributed by atoms with van der Waals surface area (Å²) in [6.45, 7) is 0. The normalized spacial score (nSPS) is 17.8. The van der Waals surface area contributed by atoms with Crippen LogP contribution in [0.15, 0.2) is 52.4 Å². The van der Waals surface area contributed by atoms with E-state index in [1.807, 2.05) is 0 Å². The van der Waals surface area contributed by atoms with Crippen molar-refractivity contribution >= 4 is 57.8 Å². The molecule has 0 bridgehead atoms. The first kappa shape index (κ1) is 16.1. The molecule has 2 aromatic rings. The Kier molecular flexibility index (Phi) is 4.71. The third kappa shape index (κ3) is 3.75. The van der Waals surface area contributed by atoms with Gasteiger partial charge < -0.3 is 5.32 Å². The molecule has 116 valence electrons. The smallest absolute Gasteiger partial charge is 0.264 e. The lowest BCUT2D eigenvalue weighted by molar-refractivity contribution is -0.115. The van der Waals surface area contributed by atoms with Gasteiger partial charge in [0.05, 0.1) is 20.6 Å². The molecule has 1 fully saturated rings. The van der Waals surface area contributed by atoms with Crippen LogP contribution in [0.2, 0.25) is 10.0 Å². The van der Waals surface area contributed by atoms with E-state index >= 15 is 0 Å². The van der Waals surface area contributed by atoms with Gasteiger partial charge in [-0.1, -0.05) is 35.3 Å². The summed E-state index contributed by atoms with van der Waals surface area (Å²) in [6.07, 6.45) is 1.65. The highest BCUT2D eigenvalue weighted by Crippen LogP contribution is 2.32. The fourth-order valence-corrected chi connectivity index (χ4v) is 3.08. The quantitative estimate of drug-likeness (QED) is 0.757. The van der Waals surface area contributed by atoms with E-state index in [2.05, 4.69) is 10.3 Å². The Morgan fingerprint density at radius 1 is 1.13 bits per heavy atom. The van der Waals surface area contributed by atoms with Gasteiger partial charge in [-0.15, -0.1) is 0 Å². The van der Waals surface area contributed by atoms with Crippen LogP contribution < -0.4 is 5.32 Å². The van der Waals surface area contributed by atoms with Crippen molar-refractivity contribution < 1.29 is 9.18 Å². The van der Waals surface area contributed by atoms with Crippen LogP contribution in [0.5, 0.6) is 0 Å². The fourth-order valence-electron chi connectivity index (χ4n) is 1.89. The molecule has 1 saturated heterocycles. The highest BCUT2D eigenvalue weighted by molar-refractivity contribution is 8.18. The van der Waals surface area contributed by atoms with Crippen LogP contribution in [-0.4, -0.2) is 11.1 Å². The molecular weight excluding hydrogens is 358 g/mol. The first-order valence-corrected chi connectivity index (χ1v) is 8.09. The zero-order chi connectivity index (χ0) is 16.4. The van der Waals surface area contributed by atoms with Crippen LogP contribution in [0, 0.1) is 5.82 Å². The lowest BCUT2D eigenvalue weighted by Gasteiger charge is -2.00. The van der Waals surface area contributed by atoms with E-state index in [1.54, 1.807) is 24.3 Å². The number of carbonyl (C=O) groups is 1. The summed E-state index contributed by atoms with van der Waals surface area (Å²) in [5, 5.41) is 3.89. The molecule has 2 aromatic carbocycles. The number of amides is 1. The van der Waals surface area contributed by atoms with Gasteiger partial charge in [-0.3, -0.25) is 4.79 Å². The Bertz CT molecular complexity index is 834. The predicted molar refractivity (Wildman–Crippen MR) is 93.7 cm³/mol. The number of thioether (sulfide) groups is 1. The van der Waals surface area contributed by atoms with Crippen molar-refractivity contribution in [2.24, 2.45) is 4.99 Å². The fraction of sp³-hybridized carbons (Fsp3) is 0. The number of rotatable bonds is 2. The minimum absolute atomic E-state index is 0.271. The van der Waals surface area contributed by atoms with Crippen LogP contribution in [0.4, 0.5) is 10.1 Å². The Hall–Kier alpha value is -1.82. The summed E-state index contributed by atoms with van der Waals surface area (Å²) >= 11 is 13.3. The monoisotopic (exact) mass is 366 g/mol. The van der Waals surface area contributed by atoms with Crippen molar-refractivity contribution in [1.29, 1.82) is 0 Å². The van der Waals surface area contributed by atoms with Crippen molar-refractivity contribution in [3.63, 3.8) is 0 Å². The molecule has 1 amide bonds. The minimum atomic E-state index is -0.340. The van der Waals surface area contributed by atoms with E-state index < -0.39 is 0 Å². The zero-order valence-corrected chi connectivity index (χ0v) is 13.8. The van der Waals surface area contributed by atoms with Crippen LogP contribution in [0.1, 0.15) is 5.56 Å². The molecule has 23 heavy (non-hydrogen) atoms. The minimum Gasteiger partial charge on any atom is -0.300 e. The van der Waals surface area contributed by atoms with Gasteiger partial charge in [-0.2, -0.15) is 0 Å². The van der Waals surface area contributed by atoms with Crippen molar-refractivity contribution in [3.05, 3.63) is 68.8 Å². The number of aliphatic imine (C=N–C) groups is 1. The van der Waals surface area contributed by atoms with Crippen LogP contribution in [-0.2, 0) is 4.79 Å². The molecule has 3 rings (SSSR count). The number of nitrogens with one attached hydrogen (secondary N) is 1. The number of nitrogens with zero attached hydrogens (tertiary/aromatic N) is 1. The average molecular weight is 367 g/mol. The van der Waals surface area contributed by atoms with Gasteiger partial charge in [-0.25, -0.2) is 9.38 Å². The van der Waals surface area contributed by atoms with Crippen molar-refractivity contribution in [3.8, 4) is 0 Å². The molecule has 0 atom stereocenters. The van der Waals surface area contributed by atoms with E-state index in [0.717, 1.165) is 0 Å². The van der Waals surface area contributed by atoms with Crippen molar-refractivity contribution in [2.45, 2.75) is 0 Å². The van der Waals surface area contributed by atoms with Gasteiger partial charge in [0.15, 0.2) is 5.17 Å². The van der Waals surface area contributed by atoms with Crippen molar-refractivity contribution in [1.82, 2.24) is 5.32 Å². The second-order valence-electron chi connectivity index (χ2n) is 4.60. The molecule has 0 unspecified atom stereocenters. The Balaban J connectivity index is 1.86. The molecule has 1 aliphatic rings. The maximum absolute atomic E-state index is 12.9. The summed E-state index contributed by atoms with van der Waals surface area (Å²) in [6, 6.07) is 10.9. The zero-order valence-electron chi connectivity index (χ0n) is 11.5. The van der Waals surface area contributed by atoms with E-state index in [1.165, 1.54) is 36.0 Å². The van der Waals surface area contributed by atoms with Crippen LogP contribution in [0.25, 0.3) is 6.08 Å². The molecule has 0 radical (unpaired) electrons. The van der Waals surface area contributed by atoms with Gasteiger partial charge in [0, 0.05) is 0 Å². The number of halogens is 3. The summed E-state index contributed by atoms with van der Waals surface area (Å²) in [7, 11) is 0. The Morgan fingerprint density at radius 2 is 1.87 bits per heavy atom. The maximum Gasteiger partial charge on any atom is 0.264 e. The molecule has 7 heteroatoms. The SMILES string of the molecule is O=C1NC(=Nc2ccc(F)cc2)S/C1=C\c1cccc(Cl)c1Cl. The van der Waals surface area contributed by atoms with E-state index in [-0.39, 0.29) is 11.7 Å². The van der Waals surface area contributed by atoms with Gasteiger partial charge in [-0.05, 0) is 53.7 Å². The molecule has 0 spiro atoms. The molecule has 1 N–H and O–H groups in total. The van der Waals surface area contributed by atoms with Crippen molar-refractivity contribution in [2.75, 3.05) is 0 Å². The third-order valence-electron chi connectivity index (χ3n) is 2.98. The highest BCUT2D eigenvalue weighted by atomic mass is 35.5. The van der Waals surface area contributed by atoms with E-state index in [9.17, 15) is 9.18 Å². The second kappa shape index (κ2) is 6.74. The number of amidine groups is 1. The predicted octanol–water partition coefficient (Wildman–Crippen LogP) is 5.02. The molecule has 0 aromatic heterocycles. The highest BCUT2D eigenvalue weighted by Gasteiger charge is 2.24. The molecule has 1 heterocycles. The molecule has 1 aliphatic heterocycles. The number of carbonyl (C=O) groups excluding carboxylic acids is 1. The molecule has 0 aliphatic carbocycles. The molecule has 0 saturated carbocycles. The van der Waals surface area contributed by atoms with E-state index in [0.29, 0.717) is 31.4 Å². The first-order valence-electron chi connectivity index (χ1n) is 6.52. The standard InChI is InChI=1S/C16H9Cl2FN2OS/c17-12-3-1-2-9(14(12)18)8-13-15(22)21-16(23-13)20-11-6-4-10(19)5-7-11/h1-8H,(H,20,21,22)/b13-8-. The maximum atomic E-state index is 12.9. The first-order chi connectivity index (χ1) is 11.0. The summed E-state index contributed by atoms with van der Waals surface area (Å²) in [4.78, 5) is 16.7. The topological polar surface area (TPSA) is 41.5 Å². The van der Waals surface area contributed by atoms with Gasteiger partial charge in [0.2, 0.25) is 0 Å². The van der Waals surface area contributed by atoms with Gasteiger partial charge in [0.25, 0.3) is 5.91 Å². The Morgan fingerprint density at radius 3 is 2.61 bits per heavy atom. The average Bonchev–Trinajstić information content (AvgIpc) is 2.86. The number of hydrogen-bond acceptors (Lipinski definition) is 3. The number of hydrogen-bond donors (Lipinski definition) is 1. The van der Waals surface area contributed by atoms with Gasteiger partial charge in [0.1, 0.15) is 5.82 Å². The summed E-state index contributed by atoms with van der Waals surface area (Å²) in [5.41, 5.74) is 1.20. The largest absolute Gasteiger partial charge is 0.300 e.